The predicted octanol–water partition coefficient (Wildman–Crippen LogP) is 4.00. The van der Waals surface area contributed by atoms with Crippen LogP contribution in [0.2, 0.25) is 0 Å². The van der Waals surface area contributed by atoms with E-state index in [9.17, 15) is 5.11 Å². The van der Waals surface area contributed by atoms with Crippen molar-refractivity contribution in [1.29, 1.82) is 0 Å². The number of rotatable bonds is 2. The van der Waals surface area contributed by atoms with Gasteiger partial charge in [0.25, 0.3) is 0 Å². The average molecular weight is 218 g/mol. The van der Waals surface area contributed by atoms with Gasteiger partial charge in [0.1, 0.15) is 0 Å². The summed E-state index contributed by atoms with van der Waals surface area (Å²) in [6, 6.07) is 8.24. The molecule has 0 radical (unpaired) electrons. The van der Waals surface area contributed by atoms with Crippen LogP contribution in [0, 0.1) is 12.8 Å². The van der Waals surface area contributed by atoms with Crippen molar-refractivity contribution in [2.75, 3.05) is 0 Å². The van der Waals surface area contributed by atoms with Crippen LogP contribution in [-0.4, -0.2) is 5.11 Å². The van der Waals surface area contributed by atoms with E-state index in [0.717, 1.165) is 5.56 Å². The number of aryl methyl sites for hydroxylation is 1. The summed E-state index contributed by atoms with van der Waals surface area (Å²) >= 11 is 0. The zero-order valence-electron chi connectivity index (χ0n) is 10.2. The summed E-state index contributed by atoms with van der Waals surface area (Å²) in [6.07, 6.45) is 7.39. The van der Waals surface area contributed by atoms with Crippen molar-refractivity contribution in [2.45, 2.75) is 51.6 Å². The zero-order chi connectivity index (χ0) is 11.4. The van der Waals surface area contributed by atoms with Crippen LogP contribution in [-0.2, 0) is 0 Å². The average Bonchev–Trinajstić information content (AvgIpc) is 2.57. The summed E-state index contributed by atoms with van der Waals surface area (Å²) in [5, 5.41) is 10.5. The number of benzene rings is 1. The molecule has 1 aliphatic carbocycles. The molecule has 1 N–H and O–H groups in total. The van der Waals surface area contributed by atoms with E-state index in [1.54, 1.807) is 0 Å². The molecule has 1 saturated carbocycles. The van der Waals surface area contributed by atoms with Gasteiger partial charge in [-0.2, -0.15) is 0 Å². The van der Waals surface area contributed by atoms with Crippen molar-refractivity contribution < 1.29 is 5.11 Å². The van der Waals surface area contributed by atoms with Crippen molar-refractivity contribution >= 4 is 0 Å². The van der Waals surface area contributed by atoms with Gasteiger partial charge in [-0.25, -0.2) is 0 Å². The van der Waals surface area contributed by atoms with E-state index in [1.807, 2.05) is 12.1 Å². The molecule has 0 bridgehead atoms. The molecule has 0 amide bonds. The van der Waals surface area contributed by atoms with Crippen molar-refractivity contribution in [2.24, 2.45) is 5.92 Å². The molecule has 1 unspecified atom stereocenters. The first kappa shape index (κ1) is 11.7. The maximum Gasteiger partial charge on any atom is 0.0820 e. The van der Waals surface area contributed by atoms with Crippen LogP contribution in [0.4, 0.5) is 0 Å². The van der Waals surface area contributed by atoms with E-state index in [4.69, 9.17) is 0 Å². The minimum Gasteiger partial charge on any atom is -0.388 e. The van der Waals surface area contributed by atoms with Crippen molar-refractivity contribution in [3.8, 4) is 0 Å². The molecule has 1 atom stereocenters. The first-order valence-corrected chi connectivity index (χ1v) is 6.52. The van der Waals surface area contributed by atoms with Gasteiger partial charge in [0.15, 0.2) is 0 Å². The lowest BCUT2D eigenvalue weighted by atomic mass is 9.88. The Hall–Kier alpha value is -0.820. The van der Waals surface area contributed by atoms with Gasteiger partial charge in [0.05, 0.1) is 6.10 Å². The van der Waals surface area contributed by atoms with E-state index in [1.165, 1.54) is 44.1 Å². The maximum atomic E-state index is 10.5. The highest BCUT2D eigenvalue weighted by Gasteiger charge is 2.22. The SMILES string of the molecule is Cc1ccccc1C(O)C1CCCCCC1. The molecule has 0 saturated heterocycles. The van der Waals surface area contributed by atoms with Crippen LogP contribution < -0.4 is 0 Å². The molecular weight excluding hydrogens is 196 g/mol. The molecule has 1 aromatic carbocycles. The topological polar surface area (TPSA) is 20.2 Å². The molecule has 0 heterocycles. The van der Waals surface area contributed by atoms with Gasteiger partial charge in [-0.05, 0) is 36.8 Å². The second-order valence-corrected chi connectivity index (χ2v) is 5.05. The van der Waals surface area contributed by atoms with Crippen LogP contribution >= 0.6 is 0 Å². The summed E-state index contributed by atoms with van der Waals surface area (Å²) < 4.78 is 0. The Balaban J connectivity index is 2.11. The predicted molar refractivity (Wildman–Crippen MR) is 67.3 cm³/mol. The Bertz CT molecular complexity index is 324. The van der Waals surface area contributed by atoms with Crippen LogP contribution in [0.3, 0.4) is 0 Å². The molecular formula is C15H22O. The molecule has 1 heteroatoms. The molecule has 1 fully saturated rings. The third-order valence-corrected chi connectivity index (χ3v) is 3.85. The van der Waals surface area contributed by atoms with E-state index in [0.29, 0.717) is 5.92 Å². The van der Waals surface area contributed by atoms with Gasteiger partial charge >= 0.3 is 0 Å². The lowest BCUT2D eigenvalue weighted by Crippen LogP contribution is -2.13. The highest BCUT2D eigenvalue weighted by atomic mass is 16.3. The standard InChI is InChI=1S/C15H22O/c1-12-8-6-7-11-14(12)15(16)13-9-4-2-3-5-10-13/h6-8,11,13,15-16H,2-5,9-10H2,1H3. The number of hydrogen-bond acceptors (Lipinski definition) is 1. The molecule has 0 aliphatic heterocycles. The number of hydrogen-bond donors (Lipinski definition) is 1. The van der Waals surface area contributed by atoms with Crippen molar-refractivity contribution in [1.82, 2.24) is 0 Å². The lowest BCUT2D eigenvalue weighted by molar-refractivity contribution is 0.0982. The third kappa shape index (κ3) is 2.65. The van der Waals surface area contributed by atoms with Gasteiger partial charge in [-0.3, -0.25) is 0 Å². The fourth-order valence-corrected chi connectivity index (χ4v) is 2.80. The molecule has 2 rings (SSSR count). The fourth-order valence-electron chi connectivity index (χ4n) is 2.80. The van der Waals surface area contributed by atoms with Crippen LogP contribution in [0.15, 0.2) is 24.3 Å². The number of aliphatic hydroxyl groups excluding tert-OH is 1. The quantitative estimate of drug-likeness (QED) is 0.744. The second-order valence-electron chi connectivity index (χ2n) is 5.05. The molecule has 16 heavy (non-hydrogen) atoms. The first-order chi connectivity index (χ1) is 7.79. The van der Waals surface area contributed by atoms with Gasteiger partial charge in [0.2, 0.25) is 0 Å². The van der Waals surface area contributed by atoms with E-state index >= 15 is 0 Å². The van der Waals surface area contributed by atoms with E-state index < -0.39 is 0 Å². The van der Waals surface area contributed by atoms with Crippen molar-refractivity contribution in [3.05, 3.63) is 35.4 Å². The summed E-state index contributed by atoms with van der Waals surface area (Å²) in [5.41, 5.74) is 2.36. The van der Waals surface area contributed by atoms with Crippen molar-refractivity contribution in [3.63, 3.8) is 0 Å². The third-order valence-electron chi connectivity index (χ3n) is 3.85. The number of aliphatic hydroxyl groups is 1. The summed E-state index contributed by atoms with van der Waals surface area (Å²) in [4.78, 5) is 0. The summed E-state index contributed by atoms with van der Waals surface area (Å²) in [7, 11) is 0. The van der Waals surface area contributed by atoms with Gasteiger partial charge in [-0.1, -0.05) is 49.9 Å². The Morgan fingerprint density at radius 2 is 1.69 bits per heavy atom. The minimum absolute atomic E-state index is 0.251. The Kier molecular flexibility index (Phi) is 4.00. The van der Waals surface area contributed by atoms with E-state index in [2.05, 4.69) is 19.1 Å². The van der Waals surface area contributed by atoms with Crippen LogP contribution in [0.25, 0.3) is 0 Å². The molecule has 0 aromatic heterocycles. The minimum atomic E-state index is -0.251. The van der Waals surface area contributed by atoms with Crippen LogP contribution in [0.5, 0.6) is 0 Å². The summed E-state index contributed by atoms with van der Waals surface area (Å²) in [6.45, 7) is 2.09. The van der Waals surface area contributed by atoms with Crippen LogP contribution in [0.1, 0.15) is 55.8 Å². The lowest BCUT2D eigenvalue weighted by Gasteiger charge is -2.23. The Morgan fingerprint density at radius 3 is 2.31 bits per heavy atom. The molecule has 0 spiro atoms. The van der Waals surface area contributed by atoms with E-state index in [-0.39, 0.29) is 6.10 Å². The normalized spacial score (nSPS) is 20.4. The zero-order valence-corrected chi connectivity index (χ0v) is 10.2. The van der Waals surface area contributed by atoms with Gasteiger partial charge in [-0.15, -0.1) is 0 Å². The smallest absolute Gasteiger partial charge is 0.0820 e. The first-order valence-electron chi connectivity index (χ1n) is 6.52. The molecule has 1 aromatic rings. The highest BCUT2D eigenvalue weighted by molar-refractivity contribution is 5.28. The Morgan fingerprint density at radius 1 is 1.06 bits per heavy atom. The molecule has 88 valence electrons. The molecule has 1 aliphatic rings. The fraction of sp³-hybridized carbons (Fsp3) is 0.600. The van der Waals surface area contributed by atoms with Gasteiger partial charge < -0.3 is 5.11 Å². The highest BCUT2D eigenvalue weighted by Crippen LogP contribution is 2.34. The monoisotopic (exact) mass is 218 g/mol. The maximum absolute atomic E-state index is 10.5. The Labute approximate surface area is 98.5 Å². The van der Waals surface area contributed by atoms with Gasteiger partial charge in [0, 0.05) is 0 Å². The molecule has 1 nitrogen and oxygen atoms in total. The largest absolute Gasteiger partial charge is 0.388 e. The summed E-state index contributed by atoms with van der Waals surface area (Å²) in [5.74, 6) is 0.476. The second kappa shape index (κ2) is 5.49.